The van der Waals surface area contributed by atoms with Gasteiger partial charge in [-0.1, -0.05) is 70.5 Å². The Bertz CT molecular complexity index is 1400. The summed E-state index contributed by atoms with van der Waals surface area (Å²) < 4.78 is 35.6. The van der Waals surface area contributed by atoms with Crippen molar-refractivity contribution in [1.29, 1.82) is 0 Å². The van der Waals surface area contributed by atoms with E-state index in [1.165, 1.54) is 6.07 Å². The summed E-state index contributed by atoms with van der Waals surface area (Å²) in [6, 6.07) is 19.8. The molecule has 4 rings (SSSR count). The number of benzene rings is 3. The Hall–Kier alpha value is -3.67. The smallest absolute Gasteiger partial charge is 0.254 e. The van der Waals surface area contributed by atoms with Crippen molar-refractivity contribution < 1.29 is 18.3 Å². The van der Waals surface area contributed by atoms with E-state index in [1.54, 1.807) is 0 Å². The van der Waals surface area contributed by atoms with Gasteiger partial charge in [-0.05, 0) is 54.2 Å². The van der Waals surface area contributed by atoms with Crippen LogP contribution >= 0.6 is 0 Å². The fourth-order valence-electron chi connectivity index (χ4n) is 4.98. The Morgan fingerprint density at radius 1 is 0.947 bits per heavy atom. The number of amides is 1. The maximum atomic E-state index is 13.7. The van der Waals surface area contributed by atoms with Crippen molar-refractivity contribution in [2.24, 2.45) is 0 Å². The summed E-state index contributed by atoms with van der Waals surface area (Å²) >= 11 is 0. The lowest BCUT2D eigenvalue weighted by Gasteiger charge is -2.18. The van der Waals surface area contributed by atoms with E-state index in [-0.39, 0.29) is 24.5 Å². The van der Waals surface area contributed by atoms with E-state index in [9.17, 15) is 13.6 Å². The molecule has 1 heterocycles. The number of aromatic nitrogens is 1. The zero-order chi connectivity index (χ0) is 27.2. The minimum Gasteiger partial charge on any atom is -0.490 e. The molecular formula is C32H36F2N2O2. The first-order chi connectivity index (χ1) is 18.3. The fraction of sp³-hybridized carbons (Fsp3) is 0.344. The molecule has 4 aromatic rings. The molecule has 0 aliphatic rings. The molecule has 0 radical (unpaired) electrons. The second-order valence-corrected chi connectivity index (χ2v) is 10.0. The standard InChI is InChI=1S/C32H36F2N2O2/c1-5-10-24(6-2)38-25-14-15-26-29(18-25)36(20-22-11-8-7-9-12-22)31(21(3)4)30(26)32(37)35-19-23-13-16-27(33)28(34)17-23/h7-9,11-18,21,24H,5-6,10,19-20H2,1-4H3,(H,35,37). The molecule has 200 valence electrons. The van der Waals surface area contributed by atoms with Crippen LogP contribution in [0.3, 0.4) is 0 Å². The van der Waals surface area contributed by atoms with Crippen LogP contribution in [0.15, 0.2) is 66.7 Å². The summed E-state index contributed by atoms with van der Waals surface area (Å²) in [5.74, 6) is -1.24. The first-order valence-electron chi connectivity index (χ1n) is 13.4. The lowest BCUT2D eigenvalue weighted by molar-refractivity contribution is 0.0951. The summed E-state index contributed by atoms with van der Waals surface area (Å²) in [6.07, 6.45) is 3.09. The molecule has 1 aromatic heterocycles. The number of halogens is 2. The minimum absolute atomic E-state index is 0.0583. The lowest BCUT2D eigenvalue weighted by atomic mass is 10.0. The van der Waals surface area contributed by atoms with Gasteiger partial charge in [-0.3, -0.25) is 4.79 Å². The highest BCUT2D eigenvalue weighted by Crippen LogP contribution is 2.35. The summed E-state index contributed by atoms with van der Waals surface area (Å²) in [7, 11) is 0. The predicted molar refractivity (Wildman–Crippen MR) is 149 cm³/mol. The largest absolute Gasteiger partial charge is 0.490 e. The van der Waals surface area contributed by atoms with Crippen LogP contribution in [-0.2, 0) is 13.1 Å². The third kappa shape index (κ3) is 6.07. The zero-order valence-corrected chi connectivity index (χ0v) is 22.6. The van der Waals surface area contributed by atoms with Gasteiger partial charge in [0.25, 0.3) is 5.91 Å². The second-order valence-electron chi connectivity index (χ2n) is 10.0. The van der Waals surface area contributed by atoms with Gasteiger partial charge in [-0.25, -0.2) is 8.78 Å². The van der Waals surface area contributed by atoms with Gasteiger partial charge in [0, 0.05) is 30.2 Å². The van der Waals surface area contributed by atoms with Gasteiger partial charge in [-0.2, -0.15) is 0 Å². The van der Waals surface area contributed by atoms with Crippen molar-refractivity contribution in [3.8, 4) is 5.75 Å². The number of rotatable bonds is 11. The molecular weight excluding hydrogens is 482 g/mol. The predicted octanol–water partition coefficient (Wildman–Crippen LogP) is 7.98. The molecule has 6 heteroatoms. The molecule has 4 nitrogen and oxygen atoms in total. The molecule has 0 spiro atoms. The Balaban J connectivity index is 1.77. The Labute approximate surface area is 223 Å². The van der Waals surface area contributed by atoms with Gasteiger partial charge in [0.05, 0.1) is 17.2 Å². The van der Waals surface area contributed by atoms with Gasteiger partial charge >= 0.3 is 0 Å². The van der Waals surface area contributed by atoms with Gasteiger partial charge in [0.15, 0.2) is 11.6 Å². The number of hydrogen-bond donors (Lipinski definition) is 1. The molecule has 1 unspecified atom stereocenters. The maximum absolute atomic E-state index is 13.7. The van der Waals surface area contributed by atoms with Crippen LogP contribution in [0.4, 0.5) is 8.78 Å². The summed E-state index contributed by atoms with van der Waals surface area (Å²) in [5, 5.41) is 3.76. The molecule has 38 heavy (non-hydrogen) atoms. The van der Waals surface area contributed by atoms with Crippen LogP contribution in [0, 0.1) is 11.6 Å². The van der Waals surface area contributed by atoms with Crippen LogP contribution < -0.4 is 10.1 Å². The monoisotopic (exact) mass is 518 g/mol. The number of fused-ring (bicyclic) bond motifs is 1. The normalized spacial score (nSPS) is 12.2. The van der Waals surface area contributed by atoms with Gasteiger partial charge < -0.3 is 14.6 Å². The van der Waals surface area contributed by atoms with Crippen LogP contribution in [0.2, 0.25) is 0 Å². The first kappa shape index (κ1) is 27.4. The van der Waals surface area contributed by atoms with E-state index in [0.717, 1.165) is 59.3 Å². The maximum Gasteiger partial charge on any atom is 0.254 e. The number of carbonyl (C=O) groups excluding carboxylic acids is 1. The highest BCUT2D eigenvalue weighted by Gasteiger charge is 2.25. The van der Waals surface area contributed by atoms with E-state index >= 15 is 0 Å². The Morgan fingerprint density at radius 3 is 2.37 bits per heavy atom. The van der Waals surface area contributed by atoms with Crippen LogP contribution in [-0.4, -0.2) is 16.6 Å². The minimum atomic E-state index is -0.930. The summed E-state index contributed by atoms with van der Waals surface area (Å²) in [6.45, 7) is 9.14. The van der Waals surface area contributed by atoms with Crippen molar-refractivity contribution in [3.05, 3.63) is 101 Å². The van der Waals surface area contributed by atoms with Crippen LogP contribution in [0.1, 0.15) is 80.1 Å². The van der Waals surface area contributed by atoms with Crippen molar-refractivity contribution >= 4 is 16.8 Å². The van der Waals surface area contributed by atoms with E-state index in [0.29, 0.717) is 17.7 Å². The van der Waals surface area contributed by atoms with Crippen molar-refractivity contribution in [2.75, 3.05) is 0 Å². The number of ether oxygens (including phenoxy) is 1. The average Bonchev–Trinajstić information content (AvgIpc) is 3.23. The molecule has 3 aromatic carbocycles. The molecule has 1 atom stereocenters. The first-order valence-corrected chi connectivity index (χ1v) is 13.4. The third-order valence-corrected chi connectivity index (χ3v) is 6.84. The third-order valence-electron chi connectivity index (χ3n) is 6.84. The summed E-state index contributed by atoms with van der Waals surface area (Å²) in [4.78, 5) is 13.6. The fourth-order valence-corrected chi connectivity index (χ4v) is 4.98. The lowest BCUT2D eigenvalue weighted by Crippen LogP contribution is -2.24. The highest BCUT2D eigenvalue weighted by molar-refractivity contribution is 6.09. The van der Waals surface area contributed by atoms with Crippen molar-refractivity contribution in [2.45, 2.75) is 72.1 Å². The van der Waals surface area contributed by atoms with E-state index in [1.807, 2.05) is 36.4 Å². The SMILES string of the molecule is CCCC(CC)Oc1ccc2c(C(=O)NCc3ccc(F)c(F)c3)c(C(C)C)n(Cc3ccccc3)c2c1. The topological polar surface area (TPSA) is 43.3 Å². The van der Waals surface area contributed by atoms with Gasteiger partial charge in [0.1, 0.15) is 5.75 Å². The number of hydrogen-bond acceptors (Lipinski definition) is 2. The van der Waals surface area contributed by atoms with Crippen LogP contribution in [0.25, 0.3) is 10.9 Å². The molecule has 1 N–H and O–H groups in total. The number of nitrogens with one attached hydrogen (secondary N) is 1. The molecule has 0 aliphatic carbocycles. The molecule has 0 fully saturated rings. The van der Waals surface area contributed by atoms with Crippen molar-refractivity contribution in [1.82, 2.24) is 9.88 Å². The van der Waals surface area contributed by atoms with E-state index < -0.39 is 11.6 Å². The molecule has 0 saturated carbocycles. The Kier molecular flexibility index (Phi) is 8.82. The average molecular weight is 519 g/mol. The van der Waals surface area contributed by atoms with Crippen LogP contribution in [0.5, 0.6) is 5.75 Å². The van der Waals surface area contributed by atoms with Crippen molar-refractivity contribution in [3.63, 3.8) is 0 Å². The molecule has 0 bridgehead atoms. The molecule has 0 saturated heterocycles. The van der Waals surface area contributed by atoms with Gasteiger partial charge in [0.2, 0.25) is 0 Å². The number of nitrogens with zero attached hydrogens (tertiary/aromatic N) is 1. The Morgan fingerprint density at radius 2 is 1.71 bits per heavy atom. The highest BCUT2D eigenvalue weighted by atomic mass is 19.2. The van der Waals surface area contributed by atoms with Gasteiger partial charge in [-0.15, -0.1) is 0 Å². The quantitative estimate of drug-likeness (QED) is 0.219. The van der Waals surface area contributed by atoms with E-state index in [2.05, 4.69) is 49.7 Å². The molecule has 0 aliphatic heterocycles. The molecule has 1 amide bonds. The summed E-state index contributed by atoms with van der Waals surface area (Å²) in [5.41, 5.74) is 4.07. The second kappa shape index (κ2) is 12.2. The van der Waals surface area contributed by atoms with E-state index in [4.69, 9.17) is 4.74 Å². The zero-order valence-electron chi connectivity index (χ0n) is 22.6. The number of carbonyl (C=O) groups is 1.